The van der Waals surface area contributed by atoms with Gasteiger partial charge in [0.05, 0.1) is 31.3 Å². The van der Waals surface area contributed by atoms with Crippen molar-refractivity contribution in [3.05, 3.63) is 42.0 Å². The van der Waals surface area contributed by atoms with Crippen LogP contribution >= 0.6 is 0 Å². The molecule has 0 aromatic heterocycles. The number of benzene rings is 2. The Balaban J connectivity index is 2.13. The first-order valence-corrected chi connectivity index (χ1v) is 7.15. The number of nitrogen functional groups attached to an aromatic ring is 1. The summed E-state index contributed by atoms with van der Waals surface area (Å²) in [7, 11) is 2.96. The summed E-state index contributed by atoms with van der Waals surface area (Å²) >= 11 is 0. The van der Waals surface area contributed by atoms with E-state index in [0.717, 1.165) is 5.56 Å². The Kier molecular flexibility index (Phi) is 5.26. The van der Waals surface area contributed by atoms with Crippen molar-refractivity contribution in [2.45, 2.75) is 6.92 Å². The molecular weight excluding hydrogens is 310 g/mol. The monoisotopic (exact) mass is 329 g/mol. The fraction of sp³-hybridized carbons (Fsp3) is 0.176. The molecule has 0 heterocycles. The van der Waals surface area contributed by atoms with Gasteiger partial charge in [0.2, 0.25) is 0 Å². The van der Waals surface area contributed by atoms with E-state index in [1.54, 1.807) is 36.4 Å². The number of anilines is 3. The molecule has 0 aliphatic carbocycles. The molecule has 2 aromatic rings. The molecule has 7 nitrogen and oxygen atoms in total. The van der Waals surface area contributed by atoms with Crippen LogP contribution in [0.2, 0.25) is 0 Å². The van der Waals surface area contributed by atoms with Crippen LogP contribution in [0.25, 0.3) is 0 Å². The van der Waals surface area contributed by atoms with Gasteiger partial charge in [-0.05, 0) is 36.8 Å². The smallest absolute Gasteiger partial charge is 0.314 e. The van der Waals surface area contributed by atoms with Crippen molar-refractivity contribution in [2.24, 2.45) is 0 Å². The minimum Gasteiger partial charge on any atom is -0.497 e. The number of aryl methyl sites for hydroxylation is 1. The van der Waals surface area contributed by atoms with E-state index in [4.69, 9.17) is 15.2 Å². The van der Waals surface area contributed by atoms with Gasteiger partial charge in [-0.2, -0.15) is 0 Å². The quantitative estimate of drug-likeness (QED) is 0.589. The van der Waals surface area contributed by atoms with E-state index in [-0.39, 0.29) is 0 Å². The van der Waals surface area contributed by atoms with Gasteiger partial charge in [-0.15, -0.1) is 0 Å². The van der Waals surface area contributed by atoms with Gasteiger partial charge in [0.1, 0.15) is 11.5 Å². The summed E-state index contributed by atoms with van der Waals surface area (Å²) in [5, 5.41) is 4.97. The Labute approximate surface area is 139 Å². The third kappa shape index (κ3) is 3.95. The van der Waals surface area contributed by atoms with Gasteiger partial charge in [0.25, 0.3) is 0 Å². The SMILES string of the molecule is COc1ccc(OC)c(NC(=O)C(=O)Nc2ccc(C)cc2N)c1. The van der Waals surface area contributed by atoms with Crippen LogP contribution in [0.5, 0.6) is 11.5 Å². The van der Waals surface area contributed by atoms with E-state index in [9.17, 15) is 9.59 Å². The van der Waals surface area contributed by atoms with Crippen molar-refractivity contribution in [1.82, 2.24) is 0 Å². The second kappa shape index (κ2) is 7.36. The standard InChI is InChI=1S/C17H19N3O4/c1-10-4-6-13(12(18)8-10)19-16(21)17(22)20-14-9-11(23-2)5-7-15(14)24-3/h4-9H,18H2,1-3H3,(H,19,21)(H,20,22). The van der Waals surface area contributed by atoms with Crippen LogP contribution in [-0.4, -0.2) is 26.0 Å². The second-order valence-electron chi connectivity index (χ2n) is 5.07. The fourth-order valence-corrected chi connectivity index (χ4v) is 2.07. The summed E-state index contributed by atoms with van der Waals surface area (Å²) in [6, 6.07) is 10.0. The van der Waals surface area contributed by atoms with E-state index in [2.05, 4.69) is 10.6 Å². The van der Waals surface area contributed by atoms with Gasteiger partial charge in [0, 0.05) is 6.07 Å². The molecular formula is C17H19N3O4. The van der Waals surface area contributed by atoms with Crippen LogP contribution in [0.4, 0.5) is 17.1 Å². The molecule has 0 saturated heterocycles. The van der Waals surface area contributed by atoms with Gasteiger partial charge >= 0.3 is 11.8 Å². The number of ether oxygens (including phenoxy) is 2. The Morgan fingerprint density at radius 2 is 1.58 bits per heavy atom. The molecule has 0 aliphatic heterocycles. The number of carbonyl (C=O) groups excluding carboxylic acids is 2. The third-order valence-electron chi connectivity index (χ3n) is 3.32. The summed E-state index contributed by atoms with van der Waals surface area (Å²) < 4.78 is 10.2. The Hall–Kier alpha value is -3.22. The molecule has 4 N–H and O–H groups in total. The number of carbonyl (C=O) groups is 2. The molecule has 0 aliphatic rings. The van der Waals surface area contributed by atoms with Crippen molar-refractivity contribution in [2.75, 3.05) is 30.6 Å². The number of nitrogens with one attached hydrogen (secondary N) is 2. The largest absolute Gasteiger partial charge is 0.497 e. The first-order chi connectivity index (χ1) is 11.4. The van der Waals surface area contributed by atoms with E-state index in [1.807, 2.05) is 6.92 Å². The lowest BCUT2D eigenvalue weighted by Gasteiger charge is -2.12. The number of methoxy groups -OCH3 is 2. The highest BCUT2D eigenvalue weighted by Gasteiger charge is 2.17. The number of rotatable bonds is 4. The van der Waals surface area contributed by atoms with Gasteiger partial charge in [0.15, 0.2) is 0 Å². The molecule has 0 bridgehead atoms. The van der Waals surface area contributed by atoms with Crippen molar-refractivity contribution < 1.29 is 19.1 Å². The molecule has 2 aromatic carbocycles. The predicted molar refractivity (Wildman–Crippen MR) is 92.4 cm³/mol. The summed E-state index contributed by atoms with van der Waals surface area (Å²) in [6.45, 7) is 1.88. The lowest BCUT2D eigenvalue weighted by molar-refractivity contribution is -0.133. The van der Waals surface area contributed by atoms with E-state index < -0.39 is 11.8 Å². The summed E-state index contributed by atoms with van der Waals surface area (Å²) in [6.07, 6.45) is 0. The third-order valence-corrected chi connectivity index (χ3v) is 3.32. The molecule has 2 rings (SSSR count). The normalized spacial score (nSPS) is 9.96. The number of amides is 2. The van der Waals surface area contributed by atoms with Crippen LogP contribution in [-0.2, 0) is 9.59 Å². The lowest BCUT2D eigenvalue weighted by Crippen LogP contribution is -2.29. The highest BCUT2D eigenvalue weighted by molar-refractivity contribution is 6.44. The fourth-order valence-electron chi connectivity index (χ4n) is 2.07. The molecule has 0 spiro atoms. The van der Waals surface area contributed by atoms with Gasteiger partial charge in [-0.3, -0.25) is 9.59 Å². The molecule has 0 unspecified atom stereocenters. The molecule has 126 valence electrons. The van der Waals surface area contributed by atoms with Crippen molar-refractivity contribution in [1.29, 1.82) is 0 Å². The Morgan fingerprint density at radius 1 is 0.917 bits per heavy atom. The van der Waals surface area contributed by atoms with Crippen LogP contribution in [0, 0.1) is 6.92 Å². The highest BCUT2D eigenvalue weighted by atomic mass is 16.5. The topological polar surface area (TPSA) is 103 Å². The predicted octanol–water partition coefficient (Wildman–Crippen LogP) is 2.17. The van der Waals surface area contributed by atoms with Crippen LogP contribution in [0.3, 0.4) is 0 Å². The van der Waals surface area contributed by atoms with E-state index in [0.29, 0.717) is 28.6 Å². The van der Waals surface area contributed by atoms with Crippen LogP contribution in [0.15, 0.2) is 36.4 Å². The zero-order chi connectivity index (χ0) is 17.7. The minimum absolute atomic E-state index is 0.328. The van der Waals surface area contributed by atoms with E-state index >= 15 is 0 Å². The Bertz CT molecular complexity index is 774. The Morgan fingerprint density at radius 3 is 2.17 bits per heavy atom. The van der Waals surface area contributed by atoms with Crippen molar-refractivity contribution in [3.8, 4) is 11.5 Å². The van der Waals surface area contributed by atoms with Gasteiger partial charge in [-0.1, -0.05) is 6.07 Å². The van der Waals surface area contributed by atoms with Crippen molar-refractivity contribution in [3.63, 3.8) is 0 Å². The maximum absolute atomic E-state index is 12.1. The first-order valence-electron chi connectivity index (χ1n) is 7.15. The van der Waals surface area contributed by atoms with Gasteiger partial charge < -0.3 is 25.8 Å². The molecule has 24 heavy (non-hydrogen) atoms. The van der Waals surface area contributed by atoms with E-state index in [1.165, 1.54) is 14.2 Å². The van der Waals surface area contributed by atoms with Gasteiger partial charge in [-0.25, -0.2) is 0 Å². The molecule has 0 saturated carbocycles. The average molecular weight is 329 g/mol. The van der Waals surface area contributed by atoms with Crippen LogP contribution in [0.1, 0.15) is 5.56 Å². The highest BCUT2D eigenvalue weighted by Crippen LogP contribution is 2.29. The minimum atomic E-state index is -0.846. The first kappa shape index (κ1) is 17.1. The maximum Gasteiger partial charge on any atom is 0.314 e. The second-order valence-corrected chi connectivity index (χ2v) is 5.07. The van der Waals surface area contributed by atoms with Crippen molar-refractivity contribution >= 4 is 28.9 Å². The lowest BCUT2D eigenvalue weighted by atomic mass is 10.2. The molecule has 0 fully saturated rings. The zero-order valence-electron chi connectivity index (χ0n) is 13.7. The number of nitrogens with two attached hydrogens (primary N) is 1. The summed E-state index contributed by atoms with van der Waals surface area (Å²) in [5.74, 6) is -0.752. The van der Waals surface area contributed by atoms with Crippen LogP contribution < -0.4 is 25.8 Å². The summed E-state index contributed by atoms with van der Waals surface area (Å²) in [4.78, 5) is 24.2. The molecule has 0 atom stereocenters. The maximum atomic E-state index is 12.1. The summed E-state index contributed by atoms with van der Waals surface area (Å²) in [5.41, 5.74) is 7.86. The molecule has 0 radical (unpaired) electrons. The molecule has 7 heteroatoms. The number of hydrogen-bond acceptors (Lipinski definition) is 5. The number of hydrogen-bond donors (Lipinski definition) is 3. The molecule has 2 amide bonds. The zero-order valence-corrected chi connectivity index (χ0v) is 13.7. The average Bonchev–Trinajstić information content (AvgIpc) is 2.57.